The Morgan fingerprint density at radius 3 is 2.83 bits per heavy atom. The number of aromatic nitrogens is 2. The van der Waals surface area contributed by atoms with Crippen LogP contribution in [0.25, 0.3) is 0 Å². The molecule has 1 aromatic heterocycles. The van der Waals surface area contributed by atoms with Crippen LogP contribution >= 0.6 is 34.2 Å². The van der Waals surface area contributed by atoms with Gasteiger partial charge in [-0.1, -0.05) is 34.2 Å². The summed E-state index contributed by atoms with van der Waals surface area (Å²) in [5.74, 6) is 0.583. The van der Waals surface area contributed by atoms with E-state index in [4.69, 9.17) is 11.6 Å². The van der Waals surface area contributed by atoms with Crippen LogP contribution in [0.1, 0.15) is 5.82 Å². The highest BCUT2D eigenvalue weighted by Gasteiger charge is 1.97. The topological polar surface area (TPSA) is 62.8 Å². The molecule has 66 valence electrons. The smallest absolute Gasteiger partial charge is 0.239 e. The third kappa shape index (κ3) is 2.20. The fourth-order valence-corrected chi connectivity index (χ4v) is 1.69. The lowest BCUT2D eigenvalue weighted by atomic mass is 10.6. The molecule has 0 aliphatic rings. The molecule has 1 N–H and O–H groups in total. The van der Waals surface area contributed by atoms with Crippen molar-refractivity contribution in [3.05, 3.63) is 21.7 Å². The molecule has 1 heterocycles. The molecule has 0 aliphatic carbocycles. The van der Waals surface area contributed by atoms with Crippen molar-refractivity contribution in [1.82, 2.24) is 9.97 Å². The number of hydrogen-bond donors (Lipinski definition) is 1. The van der Waals surface area contributed by atoms with E-state index in [1.54, 1.807) is 0 Å². The number of alkyl halides is 1. The summed E-state index contributed by atoms with van der Waals surface area (Å²) in [5.41, 5.74) is 0. The molecule has 0 saturated carbocycles. The van der Waals surface area contributed by atoms with Gasteiger partial charge in [0.25, 0.3) is 0 Å². The van der Waals surface area contributed by atoms with Crippen molar-refractivity contribution in [1.29, 1.82) is 0 Å². The third-order valence-electron chi connectivity index (χ3n) is 1.10. The van der Waals surface area contributed by atoms with E-state index in [2.05, 4.69) is 32.6 Å². The van der Waals surface area contributed by atoms with E-state index in [1.165, 1.54) is 6.20 Å². The van der Waals surface area contributed by atoms with Crippen LogP contribution in [0.15, 0.2) is 6.20 Å². The number of halogens is 2. The molecule has 0 amide bonds. The Morgan fingerprint density at radius 2 is 2.33 bits per heavy atom. The van der Waals surface area contributed by atoms with Gasteiger partial charge < -0.3 is 4.98 Å². The average Bonchev–Trinajstić information content (AvgIpc) is 2.05. The van der Waals surface area contributed by atoms with E-state index in [9.17, 15) is 8.42 Å². The molecule has 12 heavy (non-hydrogen) atoms. The lowest BCUT2D eigenvalue weighted by Gasteiger charge is -1.93. The molecule has 0 atom stereocenters. The largest absolute Gasteiger partial charge is 0.329 e. The molecule has 0 spiro atoms. The molecule has 0 fully saturated rings. The van der Waals surface area contributed by atoms with E-state index in [0.29, 0.717) is 10.3 Å². The van der Waals surface area contributed by atoms with E-state index < -0.39 is 10.3 Å². The van der Waals surface area contributed by atoms with E-state index in [0.717, 1.165) is 0 Å². The van der Waals surface area contributed by atoms with Gasteiger partial charge in [-0.05, 0) is 0 Å². The Bertz CT molecular complexity index is 445. The van der Waals surface area contributed by atoms with E-state index in [1.807, 2.05) is 0 Å². The van der Waals surface area contributed by atoms with Crippen molar-refractivity contribution < 1.29 is 8.42 Å². The molecule has 7 heteroatoms. The zero-order valence-corrected chi connectivity index (χ0v) is 9.44. The summed E-state index contributed by atoms with van der Waals surface area (Å²) < 4.78 is 21.7. The van der Waals surface area contributed by atoms with Crippen molar-refractivity contribution in [2.75, 3.05) is 0 Å². The highest BCUT2D eigenvalue weighted by atomic mass is 127. The summed E-state index contributed by atoms with van der Waals surface area (Å²) in [5, 5.41) is 0.108. The zero-order chi connectivity index (χ0) is 9.14. The predicted octanol–water partition coefficient (Wildman–Crippen LogP) is 1.41. The lowest BCUT2D eigenvalue weighted by Crippen LogP contribution is -1.92. The van der Waals surface area contributed by atoms with Crippen molar-refractivity contribution in [2.45, 2.75) is 4.43 Å². The van der Waals surface area contributed by atoms with Gasteiger partial charge in [-0.15, -0.1) is 0 Å². The second-order valence-corrected chi connectivity index (χ2v) is 3.92. The standard InChI is InChI=1S/C5H4ClIN2O2S/c6-3-2-8-4(1-7)9-5(3)12(10)11/h2H,1H2,(H,8,9). The van der Waals surface area contributed by atoms with E-state index in [-0.39, 0.29) is 9.66 Å². The highest BCUT2D eigenvalue weighted by Crippen LogP contribution is 2.07. The van der Waals surface area contributed by atoms with Crippen molar-refractivity contribution >= 4 is 44.5 Å². The molecule has 1 rings (SSSR count). The maximum absolute atomic E-state index is 10.5. The fraction of sp³-hybridized carbons (Fsp3) is 0.200. The molecule has 0 bridgehead atoms. The molecule has 0 aliphatic heterocycles. The number of H-pyrrole nitrogens is 1. The second kappa shape index (κ2) is 4.24. The number of aromatic amines is 1. The first kappa shape index (κ1) is 10.0. The van der Waals surface area contributed by atoms with E-state index >= 15 is 0 Å². The van der Waals surface area contributed by atoms with Gasteiger partial charge in [-0.25, -0.2) is 4.98 Å². The quantitative estimate of drug-likeness (QED) is 0.484. The molecule has 1 aromatic rings. The first-order valence-electron chi connectivity index (χ1n) is 2.87. The molecular weight excluding hydrogens is 314 g/mol. The number of rotatable bonds is 1. The van der Waals surface area contributed by atoms with Gasteiger partial charge in [-0.3, -0.25) is 0 Å². The summed E-state index contributed by atoms with van der Waals surface area (Å²) in [6, 6.07) is 0. The molecule has 4 nitrogen and oxygen atoms in total. The summed E-state index contributed by atoms with van der Waals surface area (Å²) in [7, 11) is -2.33. The Labute approximate surface area is 88.7 Å². The highest BCUT2D eigenvalue weighted by molar-refractivity contribution is 14.1. The predicted molar refractivity (Wildman–Crippen MR) is 53.5 cm³/mol. The normalized spacial score (nSPS) is 9.83. The number of nitrogens with zero attached hydrogens (tertiary/aromatic N) is 1. The van der Waals surface area contributed by atoms with Crippen LogP contribution in [-0.4, -0.2) is 18.4 Å². The maximum Gasteiger partial charge on any atom is 0.239 e. The molecule has 0 aromatic carbocycles. The minimum Gasteiger partial charge on any atom is -0.329 e. The molecule has 0 saturated heterocycles. The number of hydrogen-bond acceptors (Lipinski definition) is 3. The first-order valence-corrected chi connectivity index (χ1v) is 5.85. The maximum atomic E-state index is 10.5. The Kier molecular flexibility index (Phi) is 3.53. The first-order chi connectivity index (χ1) is 5.65. The third-order valence-corrected chi connectivity index (χ3v) is 2.88. The Hall–Kier alpha value is -0.0800. The second-order valence-electron chi connectivity index (χ2n) is 1.88. The SMILES string of the molecule is O=S(=O)=c1[nH]c(CI)ncc1Cl. The molecule has 0 radical (unpaired) electrons. The minimum absolute atomic E-state index is 0.0154. The van der Waals surface area contributed by atoms with Crippen LogP contribution < -0.4 is 0 Å². The zero-order valence-electron chi connectivity index (χ0n) is 5.71. The van der Waals surface area contributed by atoms with Gasteiger partial charge in [0, 0.05) is 0 Å². The van der Waals surface area contributed by atoms with Gasteiger partial charge in [0.1, 0.15) is 5.82 Å². The molecular formula is C5H4ClIN2O2S. The van der Waals surface area contributed by atoms with Gasteiger partial charge in [-0.2, -0.15) is 8.42 Å². The fourth-order valence-electron chi connectivity index (χ4n) is 0.605. The van der Waals surface area contributed by atoms with Crippen molar-refractivity contribution in [2.24, 2.45) is 0 Å². The van der Waals surface area contributed by atoms with Crippen LogP contribution in [-0.2, 0) is 14.7 Å². The number of nitrogens with one attached hydrogen (secondary N) is 1. The van der Waals surface area contributed by atoms with Crippen molar-refractivity contribution in [3.63, 3.8) is 0 Å². The Morgan fingerprint density at radius 1 is 1.67 bits per heavy atom. The van der Waals surface area contributed by atoms with Crippen LogP contribution in [0.2, 0.25) is 5.02 Å². The monoisotopic (exact) mass is 318 g/mol. The van der Waals surface area contributed by atoms with Crippen LogP contribution in [0.4, 0.5) is 0 Å². The summed E-state index contributed by atoms with van der Waals surface area (Å²) in [6.07, 6.45) is 1.32. The summed E-state index contributed by atoms with van der Waals surface area (Å²) >= 11 is 7.63. The van der Waals surface area contributed by atoms with Crippen molar-refractivity contribution in [3.8, 4) is 0 Å². The van der Waals surface area contributed by atoms with Gasteiger partial charge in [0.15, 0.2) is 4.64 Å². The van der Waals surface area contributed by atoms with Gasteiger partial charge in [0.05, 0.1) is 15.6 Å². The average molecular weight is 319 g/mol. The Balaban J connectivity index is 3.60. The summed E-state index contributed by atoms with van der Waals surface area (Å²) in [6.45, 7) is 0. The van der Waals surface area contributed by atoms with Gasteiger partial charge >= 0.3 is 0 Å². The van der Waals surface area contributed by atoms with Gasteiger partial charge in [0.2, 0.25) is 10.3 Å². The minimum atomic E-state index is -2.33. The van der Waals surface area contributed by atoms with Crippen LogP contribution in [0.5, 0.6) is 0 Å². The lowest BCUT2D eigenvalue weighted by molar-refractivity contribution is 0.624. The van der Waals surface area contributed by atoms with Crippen LogP contribution in [0.3, 0.4) is 0 Å². The molecule has 0 unspecified atom stereocenters. The van der Waals surface area contributed by atoms with Crippen LogP contribution in [0, 0.1) is 4.64 Å². The summed E-state index contributed by atoms with van der Waals surface area (Å²) in [4.78, 5) is 6.47.